The Morgan fingerprint density at radius 3 is 2.32 bits per heavy atom. The highest BCUT2D eigenvalue weighted by molar-refractivity contribution is 6.31. The Hall–Kier alpha value is -3.75. The minimum absolute atomic E-state index is 0.106. The molecule has 3 rings (SSSR count). The molecule has 1 aromatic heterocycles. The van der Waals surface area contributed by atoms with E-state index in [0.717, 1.165) is 4.90 Å². The maximum Gasteiger partial charge on any atom is 0.331 e. The van der Waals surface area contributed by atoms with Gasteiger partial charge in [0.25, 0.3) is 11.8 Å². The lowest BCUT2D eigenvalue weighted by Gasteiger charge is -2.25. The van der Waals surface area contributed by atoms with Crippen LogP contribution in [0.3, 0.4) is 0 Å². The van der Waals surface area contributed by atoms with Gasteiger partial charge < -0.3 is 18.6 Å². The van der Waals surface area contributed by atoms with Crippen LogP contribution in [0.25, 0.3) is 6.08 Å². The minimum Gasteiger partial charge on any atom is -0.496 e. The van der Waals surface area contributed by atoms with Crippen LogP contribution in [0, 0.1) is 0 Å². The van der Waals surface area contributed by atoms with Gasteiger partial charge >= 0.3 is 6.03 Å². The van der Waals surface area contributed by atoms with Crippen molar-refractivity contribution < 1.29 is 33.0 Å². The molecule has 1 aliphatic rings. The zero-order chi connectivity index (χ0) is 20.3. The predicted molar refractivity (Wildman–Crippen MR) is 96.9 cm³/mol. The molecule has 0 saturated carbocycles. The van der Waals surface area contributed by atoms with Crippen molar-refractivity contribution in [1.82, 2.24) is 10.2 Å². The quantitative estimate of drug-likeness (QED) is 0.597. The molecule has 1 saturated heterocycles. The van der Waals surface area contributed by atoms with Gasteiger partial charge in [-0.25, -0.2) is 4.79 Å². The van der Waals surface area contributed by atoms with E-state index >= 15 is 0 Å². The van der Waals surface area contributed by atoms with Gasteiger partial charge in [0.05, 0.1) is 34.1 Å². The van der Waals surface area contributed by atoms with E-state index in [1.54, 1.807) is 24.3 Å². The average Bonchev–Trinajstić information content (AvgIpc) is 3.21. The zero-order valence-corrected chi connectivity index (χ0v) is 15.5. The Morgan fingerprint density at radius 1 is 1.04 bits per heavy atom. The van der Waals surface area contributed by atoms with Crippen molar-refractivity contribution in [2.45, 2.75) is 6.54 Å². The van der Waals surface area contributed by atoms with Crippen molar-refractivity contribution in [3.05, 3.63) is 47.4 Å². The minimum atomic E-state index is -0.817. The first-order valence-corrected chi connectivity index (χ1v) is 8.19. The van der Waals surface area contributed by atoms with Crippen molar-refractivity contribution in [2.24, 2.45) is 0 Å². The first kappa shape index (κ1) is 19.0. The van der Waals surface area contributed by atoms with E-state index in [1.807, 2.05) is 0 Å². The van der Waals surface area contributed by atoms with Crippen LogP contribution >= 0.6 is 0 Å². The second-order valence-corrected chi connectivity index (χ2v) is 5.74. The molecule has 1 aliphatic heterocycles. The Bertz CT molecular complexity index is 947. The number of urea groups is 1. The van der Waals surface area contributed by atoms with Gasteiger partial charge in [-0.05, 0) is 24.3 Å². The first-order valence-electron chi connectivity index (χ1n) is 8.19. The van der Waals surface area contributed by atoms with Gasteiger partial charge in [-0.15, -0.1) is 0 Å². The van der Waals surface area contributed by atoms with Gasteiger partial charge in [0.1, 0.15) is 17.1 Å². The molecule has 2 heterocycles. The van der Waals surface area contributed by atoms with E-state index < -0.39 is 17.8 Å². The molecule has 0 aliphatic carbocycles. The standard InChI is InChI=1S/C19H18N2O7/c1-25-14-9-16(27-3)15(26-2)8-11(14)7-13-17(22)20-19(24)21(18(13)23)10-12-5-4-6-28-12/h4-9H,10H2,1-3H3,(H,20,22,24). The number of hydrogen-bond donors (Lipinski definition) is 1. The summed E-state index contributed by atoms with van der Waals surface area (Å²) in [6.07, 6.45) is 2.76. The number of benzene rings is 1. The summed E-state index contributed by atoms with van der Waals surface area (Å²) in [5.41, 5.74) is 0.183. The summed E-state index contributed by atoms with van der Waals surface area (Å²) in [5, 5.41) is 2.15. The van der Waals surface area contributed by atoms with Crippen LogP contribution in [-0.4, -0.2) is 44.1 Å². The van der Waals surface area contributed by atoms with Crippen molar-refractivity contribution >= 4 is 23.9 Å². The van der Waals surface area contributed by atoms with E-state index in [0.29, 0.717) is 28.6 Å². The summed E-state index contributed by atoms with van der Waals surface area (Å²) < 4.78 is 21.0. The fraction of sp³-hybridized carbons (Fsp3) is 0.211. The number of methoxy groups -OCH3 is 3. The highest BCUT2D eigenvalue weighted by atomic mass is 16.5. The summed E-state index contributed by atoms with van der Waals surface area (Å²) >= 11 is 0. The number of rotatable bonds is 6. The summed E-state index contributed by atoms with van der Waals surface area (Å²) in [6, 6.07) is 5.58. The molecule has 0 unspecified atom stereocenters. The van der Waals surface area contributed by atoms with Gasteiger partial charge in [-0.3, -0.25) is 19.8 Å². The third kappa shape index (κ3) is 3.54. The summed E-state index contributed by atoms with van der Waals surface area (Å²) in [4.78, 5) is 38.0. The Labute approximate surface area is 160 Å². The summed E-state index contributed by atoms with van der Waals surface area (Å²) in [6.45, 7) is -0.106. The van der Waals surface area contributed by atoms with E-state index in [-0.39, 0.29) is 12.1 Å². The van der Waals surface area contributed by atoms with Crippen molar-refractivity contribution in [2.75, 3.05) is 21.3 Å². The maximum absolute atomic E-state index is 12.8. The van der Waals surface area contributed by atoms with Crippen LogP contribution in [-0.2, 0) is 16.1 Å². The van der Waals surface area contributed by atoms with Crippen LogP contribution in [0.1, 0.15) is 11.3 Å². The number of amides is 4. The summed E-state index contributed by atoms with van der Waals surface area (Å²) in [5.74, 6) is 0.0310. The molecule has 1 aromatic carbocycles. The third-order valence-electron chi connectivity index (χ3n) is 4.12. The van der Waals surface area contributed by atoms with Crippen LogP contribution in [0.2, 0.25) is 0 Å². The van der Waals surface area contributed by atoms with E-state index in [2.05, 4.69) is 5.32 Å². The van der Waals surface area contributed by atoms with Crippen LogP contribution in [0.4, 0.5) is 4.79 Å². The normalized spacial score (nSPS) is 15.6. The van der Waals surface area contributed by atoms with E-state index in [1.165, 1.54) is 33.7 Å². The Balaban J connectivity index is 2.01. The maximum atomic E-state index is 12.8. The predicted octanol–water partition coefficient (Wildman–Crippen LogP) is 1.97. The third-order valence-corrected chi connectivity index (χ3v) is 4.12. The Morgan fingerprint density at radius 2 is 1.71 bits per heavy atom. The van der Waals surface area contributed by atoms with Crippen LogP contribution in [0.15, 0.2) is 40.5 Å². The van der Waals surface area contributed by atoms with Crippen LogP contribution in [0.5, 0.6) is 17.2 Å². The lowest BCUT2D eigenvalue weighted by Crippen LogP contribution is -2.53. The molecule has 1 fully saturated rings. The number of nitrogens with one attached hydrogen (secondary N) is 1. The molecular weight excluding hydrogens is 368 g/mol. The van der Waals surface area contributed by atoms with Gasteiger partial charge in [-0.1, -0.05) is 0 Å². The zero-order valence-electron chi connectivity index (χ0n) is 15.5. The van der Waals surface area contributed by atoms with Gasteiger partial charge in [0.2, 0.25) is 0 Å². The Kier molecular flexibility index (Phi) is 5.35. The van der Waals surface area contributed by atoms with Crippen molar-refractivity contribution in [3.8, 4) is 17.2 Å². The van der Waals surface area contributed by atoms with E-state index in [9.17, 15) is 14.4 Å². The molecule has 2 aromatic rings. The molecule has 9 nitrogen and oxygen atoms in total. The largest absolute Gasteiger partial charge is 0.496 e. The monoisotopic (exact) mass is 386 g/mol. The molecule has 28 heavy (non-hydrogen) atoms. The molecular formula is C19H18N2O7. The number of nitrogens with zero attached hydrogens (tertiary/aromatic N) is 1. The lowest BCUT2D eigenvalue weighted by atomic mass is 10.1. The number of barbiturate groups is 1. The first-order chi connectivity index (χ1) is 13.5. The SMILES string of the molecule is COc1cc(OC)c(OC)cc1C=C1C(=O)NC(=O)N(Cc2ccco2)C1=O. The molecule has 9 heteroatoms. The van der Waals surface area contributed by atoms with E-state index in [4.69, 9.17) is 18.6 Å². The average molecular weight is 386 g/mol. The number of hydrogen-bond acceptors (Lipinski definition) is 7. The second kappa shape index (κ2) is 7.87. The second-order valence-electron chi connectivity index (χ2n) is 5.74. The number of furan rings is 1. The molecule has 0 radical (unpaired) electrons. The highest BCUT2D eigenvalue weighted by Gasteiger charge is 2.36. The smallest absolute Gasteiger partial charge is 0.331 e. The topological polar surface area (TPSA) is 107 Å². The molecule has 0 bridgehead atoms. The van der Waals surface area contributed by atoms with Crippen molar-refractivity contribution in [3.63, 3.8) is 0 Å². The fourth-order valence-corrected chi connectivity index (χ4v) is 2.72. The molecule has 1 N–H and O–H groups in total. The summed E-state index contributed by atoms with van der Waals surface area (Å²) in [7, 11) is 4.38. The number of ether oxygens (including phenoxy) is 3. The molecule has 146 valence electrons. The fourth-order valence-electron chi connectivity index (χ4n) is 2.72. The highest BCUT2D eigenvalue weighted by Crippen LogP contribution is 2.36. The van der Waals surface area contributed by atoms with Gasteiger partial charge in [0.15, 0.2) is 11.5 Å². The van der Waals surface area contributed by atoms with Crippen LogP contribution < -0.4 is 19.5 Å². The van der Waals surface area contributed by atoms with Crippen molar-refractivity contribution in [1.29, 1.82) is 0 Å². The van der Waals surface area contributed by atoms with Gasteiger partial charge in [0, 0.05) is 11.6 Å². The molecule has 0 spiro atoms. The number of imide groups is 2. The lowest BCUT2D eigenvalue weighted by molar-refractivity contribution is -0.130. The number of carbonyl (C=O) groups excluding carboxylic acids is 3. The van der Waals surface area contributed by atoms with Gasteiger partial charge in [-0.2, -0.15) is 0 Å². The molecule has 0 atom stereocenters. The number of carbonyl (C=O) groups is 3. The molecule has 4 amide bonds.